The van der Waals surface area contributed by atoms with E-state index >= 15 is 0 Å². The number of alkyl halides is 3. The molecular weight excluding hydrogens is 445 g/mol. The van der Waals surface area contributed by atoms with Gasteiger partial charge in [0.05, 0.1) is 16.8 Å². The summed E-state index contributed by atoms with van der Waals surface area (Å²) in [4.78, 5) is 3.96. The molecule has 2 aromatic rings. The van der Waals surface area contributed by atoms with E-state index in [4.69, 9.17) is 0 Å². The van der Waals surface area contributed by atoms with Crippen molar-refractivity contribution in [3.05, 3.63) is 41.6 Å². The van der Waals surface area contributed by atoms with Crippen LogP contribution in [0.25, 0.3) is 0 Å². The lowest BCUT2D eigenvalue weighted by atomic mass is 9.91. The van der Waals surface area contributed by atoms with Gasteiger partial charge < -0.3 is 9.50 Å². The summed E-state index contributed by atoms with van der Waals surface area (Å²) in [7, 11) is -9.26. The maximum Gasteiger partial charge on any atom is 0.534 e. The van der Waals surface area contributed by atoms with Crippen LogP contribution in [0.5, 0.6) is 5.88 Å². The van der Waals surface area contributed by atoms with Crippen molar-refractivity contribution in [1.82, 2.24) is 4.98 Å². The molecule has 2 unspecified atom stereocenters. The van der Waals surface area contributed by atoms with Gasteiger partial charge in [0, 0.05) is 17.5 Å². The summed E-state index contributed by atoms with van der Waals surface area (Å²) >= 11 is 0. The molecule has 0 aliphatic heterocycles. The Bertz CT molecular complexity index is 1230. The minimum Gasteiger partial charge on any atom is -0.355 e. The number of fused-ring (bicyclic) bond motifs is 5. The molecule has 1 heterocycles. The fourth-order valence-corrected chi connectivity index (χ4v) is 5.24. The van der Waals surface area contributed by atoms with Crippen LogP contribution in [0.3, 0.4) is 0 Å². The van der Waals surface area contributed by atoms with Gasteiger partial charge in [-0.25, -0.2) is 13.4 Å². The highest BCUT2D eigenvalue weighted by atomic mass is 32.2. The number of nitrogens with one attached hydrogen (secondary N) is 1. The Labute approximate surface area is 171 Å². The fourth-order valence-electron chi connectivity index (χ4n) is 4.14. The average Bonchev–Trinajstić information content (AvgIpc) is 3.24. The second kappa shape index (κ2) is 6.84. The largest absolute Gasteiger partial charge is 0.534 e. The molecule has 1 aromatic heterocycles. The van der Waals surface area contributed by atoms with E-state index in [1.165, 1.54) is 18.3 Å². The molecule has 1 aromatic carbocycles. The molecule has 1 fully saturated rings. The highest BCUT2D eigenvalue weighted by Gasteiger charge is 2.50. The zero-order valence-corrected chi connectivity index (χ0v) is 17.2. The number of benzene rings is 1. The molecule has 12 heteroatoms. The molecule has 2 bridgehead atoms. The van der Waals surface area contributed by atoms with Gasteiger partial charge in [-0.05, 0) is 54.9 Å². The van der Waals surface area contributed by atoms with E-state index in [0.717, 1.165) is 12.7 Å². The summed E-state index contributed by atoms with van der Waals surface area (Å²) in [5.74, 6) is -0.658. The Balaban J connectivity index is 1.74. The molecule has 2 atom stereocenters. The van der Waals surface area contributed by atoms with Crippen molar-refractivity contribution in [2.45, 2.75) is 41.5 Å². The van der Waals surface area contributed by atoms with E-state index in [1.807, 2.05) is 0 Å². The van der Waals surface area contributed by atoms with Gasteiger partial charge in [-0.15, -0.1) is 0 Å². The quantitative estimate of drug-likeness (QED) is 0.532. The summed E-state index contributed by atoms with van der Waals surface area (Å²) < 4.78 is 89.1. The van der Waals surface area contributed by atoms with Gasteiger partial charge >= 0.3 is 15.6 Å². The molecule has 162 valence electrons. The molecule has 2 aliphatic rings. The van der Waals surface area contributed by atoms with Gasteiger partial charge in [0.1, 0.15) is 0 Å². The van der Waals surface area contributed by atoms with E-state index in [2.05, 4.69) is 14.5 Å². The molecule has 2 aliphatic carbocycles. The molecule has 4 rings (SSSR count). The van der Waals surface area contributed by atoms with Crippen LogP contribution < -0.4 is 9.50 Å². The van der Waals surface area contributed by atoms with Gasteiger partial charge in [0.25, 0.3) is 0 Å². The third-order valence-corrected chi connectivity index (χ3v) is 7.44. The third-order valence-electron chi connectivity index (χ3n) is 5.38. The minimum atomic E-state index is -5.83. The maximum absolute atomic E-state index is 12.8. The van der Waals surface area contributed by atoms with E-state index in [0.29, 0.717) is 35.3 Å². The molecule has 0 saturated heterocycles. The highest BCUT2D eigenvalue weighted by Crippen LogP contribution is 2.58. The molecule has 0 radical (unpaired) electrons. The standard InChI is InChI=1S/C18H17F3N2O5S2/c1-29(24,25)13-4-2-3-12(8-13)23-14-9-22-17(28-30(26,27)18(19,20)21)16-11-6-5-10(7-11)15(14)16/h2-4,8-11,23H,5-7H2,1H3. The highest BCUT2D eigenvalue weighted by molar-refractivity contribution is 7.90. The van der Waals surface area contributed by atoms with Crippen LogP contribution in [-0.2, 0) is 20.0 Å². The van der Waals surface area contributed by atoms with Crippen LogP contribution in [0.1, 0.15) is 42.2 Å². The lowest BCUT2D eigenvalue weighted by Gasteiger charge is -2.22. The van der Waals surface area contributed by atoms with Gasteiger partial charge in [0.2, 0.25) is 5.88 Å². The van der Waals surface area contributed by atoms with E-state index < -0.39 is 31.3 Å². The second-order valence-corrected chi connectivity index (χ2v) is 11.0. The first kappa shape index (κ1) is 20.9. The van der Waals surface area contributed by atoms with E-state index in [1.54, 1.807) is 12.1 Å². The first-order valence-electron chi connectivity index (χ1n) is 8.97. The number of halogens is 3. The summed E-state index contributed by atoms with van der Waals surface area (Å²) in [6.45, 7) is 0. The van der Waals surface area contributed by atoms with Crippen molar-refractivity contribution in [2.24, 2.45) is 0 Å². The molecular formula is C18H17F3N2O5S2. The summed E-state index contributed by atoms with van der Waals surface area (Å²) in [6, 6.07) is 6.09. The second-order valence-electron chi connectivity index (χ2n) is 7.42. The predicted octanol–water partition coefficient (Wildman–Crippen LogP) is 3.82. The monoisotopic (exact) mass is 462 g/mol. The van der Waals surface area contributed by atoms with Crippen LogP contribution in [0.4, 0.5) is 24.5 Å². The molecule has 7 nitrogen and oxygen atoms in total. The average molecular weight is 462 g/mol. The van der Waals surface area contributed by atoms with Gasteiger partial charge in [-0.3, -0.25) is 0 Å². The van der Waals surface area contributed by atoms with E-state index in [9.17, 15) is 30.0 Å². The third kappa shape index (κ3) is 3.62. The molecule has 0 spiro atoms. The lowest BCUT2D eigenvalue weighted by molar-refractivity contribution is -0.0501. The van der Waals surface area contributed by atoms with Crippen LogP contribution in [0.2, 0.25) is 0 Å². The molecule has 1 N–H and O–H groups in total. The minimum absolute atomic E-state index is 0.0320. The number of rotatable bonds is 5. The first-order chi connectivity index (χ1) is 13.9. The fraction of sp³-hybridized carbons (Fsp3) is 0.389. The molecule has 30 heavy (non-hydrogen) atoms. The number of anilines is 2. The van der Waals surface area contributed by atoms with Crippen LogP contribution >= 0.6 is 0 Å². The smallest absolute Gasteiger partial charge is 0.355 e. The summed E-state index contributed by atoms with van der Waals surface area (Å²) in [6.07, 6.45) is 4.48. The molecule has 0 amide bonds. The Hall–Kier alpha value is -2.34. The zero-order valence-electron chi connectivity index (χ0n) is 15.6. The van der Waals surface area contributed by atoms with Gasteiger partial charge in [-0.2, -0.15) is 21.6 Å². The summed E-state index contributed by atoms with van der Waals surface area (Å²) in [5, 5.41) is 3.07. The van der Waals surface area contributed by atoms with Crippen molar-refractivity contribution in [3.63, 3.8) is 0 Å². The van der Waals surface area contributed by atoms with Crippen molar-refractivity contribution >= 4 is 31.3 Å². The Morgan fingerprint density at radius 3 is 2.40 bits per heavy atom. The number of pyridine rings is 1. The number of nitrogens with zero attached hydrogens (tertiary/aromatic N) is 1. The first-order valence-corrected chi connectivity index (χ1v) is 12.3. The van der Waals surface area contributed by atoms with Gasteiger partial charge in [0.15, 0.2) is 9.84 Å². The molecule has 1 saturated carbocycles. The van der Waals surface area contributed by atoms with Gasteiger partial charge in [-0.1, -0.05) is 6.07 Å². The van der Waals surface area contributed by atoms with Crippen molar-refractivity contribution in [2.75, 3.05) is 11.6 Å². The van der Waals surface area contributed by atoms with Crippen LogP contribution in [0, 0.1) is 0 Å². The SMILES string of the molecule is CS(=O)(=O)c1cccc(Nc2cnc(OS(=O)(=O)C(F)(F)F)c3c2C2CCC3C2)c1. The topological polar surface area (TPSA) is 102 Å². The van der Waals surface area contributed by atoms with Crippen molar-refractivity contribution in [1.29, 1.82) is 0 Å². The maximum atomic E-state index is 12.8. The zero-order chi connectivity index (χ0) is 21.9. The number of hydrogen-bond donors (Lipinski definition) is 1. The van der Waals surface area contributed by atoms with Crippen molar-refractivity contribution in [3.8, 4) is 5.88 Å². The summed E-state index contributed by atoms with van der Waals surface area (Å²) in [5.41, 5.74) is -3.58. The van der Waals surface area contributed by atoms with Crippen LogP contribution in [0.15, 0.2) is 35.4 Å². The van der Waals surface area contributed by atoms with Crippen molar-refractivity contribution < 1.29 is 34.2 Å². The Kier molecular flexibility index (Phi) is 4.77. The normalized spacial score (nSPS) is 20.8. The van der Waals surface area contributed by atoms with Crippen LogP contribution in [-0.4, -0.2) is 33.6 Å². The number of hydrogen-bond acceptors (Lipinski definition) is 7. The number of aromatic nitrogens is 1. The Morgan fingerprint density at radius 2 is 1.77 bits per heavy atom. The predicted molar refractivity (Wildman–Crippen MR) is 102 cm³/mol. The Morgan fingerprint density at radius 1 is 1.10 bits per heavy atom. The lowest BCUT2D eigenvalue weighted by Crippen LogP contribution is -2.29. The van der Waals surface area contributed by atoms with E-state index in [-0.39, 0.29) is 16.7 Å². The number of sulfone groups is 1.